The second kappa shape index (κ2) is 5.30. The van der Waals surface area contributed by atoms with Gasteiger partial charge in [-0.1, -0.05) is 0 Å². The molecule has 6 nitrogen and oxygen atoms in total. The molecule has 1 fully saturated rings. The second-order valence-electron chi connectivity index (χ2n) is 4.59. The van der Waals surface area contributed by atoms with Crippen molar-refractivity contribution < 1.29 is 9.66 Å². The van der Waals surface area contributed by atoms with Crippen molar-refractivity contribution in [3.8, 4) is 5.88 Å². The van der Waals surface area contributed by atoms with Crippen LogP contribution in [0.3, 0.4) is 0 Å². The molecule has 6 heteroatoms. The summed E-state index contributed by atoms with van der Waals surface area (Å²) >= 11 is 0. The third-order valence-corrected chi connectivity index (χ3v) is 3.39. The number of nitrogens with two attached hydrogens (primary N) is 1. The first-order valence-corrected chi connectivity index (χ1v) is 6.10. The zero-order valence-electron chi connectivity index (χ0n) is 10.3. The van der Waals surface area contributed by atoms with Crippen LogP contribution in [0, 0.1) is 23.0 Å². The normalized spacial score (nSPS) is 23.0. The van der Waals surface area contributed by atoms with Crippen molar-refractivity contribution in [2.24, 2.45) is 11.7 Å². The molecule has 1 heterocycles. The summed E-state index contributed by atoms with van der Waals surface area (Å²) in [4.78, 5) is 14.4. The summed E-state index contributed by atoms with van der Waals surface area (Å²) in [6.07, 6.45) is 3.24. The highest BCUT2D eigenvalue weighted by Gasteiger charge is 2.28. The Hall–Kier alpha value is -1.69. The van der Waals surface area contributed by atoms with Crippen LogP contribution >= 0.6 is 0 Å². The van der Waals surface area contributed by atoms with Gasteiger partial charge in [0, 0.05) is 18.1 Å². The Labute approximate surface area is 105 Å². The fourth-order valence-corrected chi connectivity index (χ4v) is 2.37. The van der Waals surface area contributed by atoms with E-state index in [-0.39, 0.29) is 11.8 Å². The summed E-state index contributed by atoms with van der Waals surface area (Å²) in [7, 11) is 0. The van der Waals surface area contributed by atoms with Gasteiger partial charge in [-0.3, -0.25) is 10.1 Å². The van der Waals surface area contributed by atoms with Crippen LogP contribution in [0.5, 0.6) is 5.88 Å². The molecule has 2 N–H and O–H groups in total. The lowest BCUT2D eigenvalue weighted by atomic mass is 10.1. The predicted octanol–water partition coefficient (Wildman–Crippen LogP) is 1.80. The molecule has 1 aliphatic rings. The van der Waals surface area contributed by atoms with Crippen LogP contribution in [0.15, 0.2) is 12.1 Å². The van der Waals surface area contributed by atoms with Crippen molar-refractivity contribution >= 4 is 5.69 Å². The second-order valence-corrected chi connectivity index (χ2v) is 4.59. The summed E-state index contributed by atoms with van der Waals surface area (Å²) in [5.41, 5.74) is 6.07. The van der Waals surface area contributed by atoms with Crippen molar-refractivity contribution in [3.05, 3.63) is 27.9 Å². The van der Waals surface area contributed by atoms with Gasteiger partial charge in [0.25, 0.3) is 5.69 Å². The predicted molar refractivity (Wildman–Crippen MR) is 66.4 cm³/mol. The van der Waals surface area contributed by atoms with Gasteiger partial charge < -0.3 is 10.5 Å². The first-order chi connectivity index (χ1) is 8.61. The third kappa shape index (κ3) is 2.59. The van der Waals surface area contributed by atoms with Gasteiger partial charge in [0.1, 0.15) is 11.8 Å². The molecule has 0 spiro atoms. The highest BCUT2D eigenvalue weighted by molar-refractivity contribution is 5.36. The number of hydrogen-bond acceptors (Lipinski definition) is 5. The number of aryl methyl sites for hydroxylation is 1. The molecule has 0 aromatic carbocycles. The highest BCUT2D eigenvalue weighted by atomic mass is 16.6. The SMILES string of the molecule is Cc1nc(OC2CCCC2CN)ccc1[N+](=O)[O-]. The molecule has 1 aromatic rings. The summed E-state index contributed by atoms with van der Waals surface area (Å²) in [6.45, 7) is 2.22. The molecule has 98 valence electrons. The Balaban J connectivity index is 2.10. The lowest BCUT2D eigenvalue weighted by Crippen LogP contribution is -2.28. The number of aromatic nitrogens is 1. The minimum Gasteiger partial charge on any atom is -0.474 e. The Morgan fingerprint density at radius 3 is 2.94 bits per heavy atom. The van der Waals surface area contributed by atoms with Gasteiger partial charge in [-0.05, 0) is 32.7 Å². The van der Waals surface area contributed by atoms with Gasteiger partial charge in [0.15, 0.2) is 0 Å². The summed E-state index contributed by atoms with van der Waals surface area (Å²) in [5.74, 6) is 0.811. The number of ether oxygens (including phenoxy) is 1. The number of pyridine rings is 1. The Kier molecular flexibility index (Phi) is 3.76. The quantitative estimate of drug-likeness (QED) is 0.650. The lowest BCUT2D eigenvalue weighted by molar-refractivity contribution is -0.385. The topological polar surface area (TPSA) is 91.3 Å². The molecule has 0 aliphatic heterocycles. The molecule has 2 rings (SSSR count). The maximum absolute atomic E-state index is 10.7. The molecule has 1 aliphatic carbocycles. The van der Waals surface area contributed by atoms with Crippen LogP contribution in [-0.2, 0) is 0 Å². The molecule has 0 amide bonds. The van der Waals surface area contributed by atoms with Gasteiger partial charge in [-0.25, -0.2) is 4.98 Å². The standard InChI is InChI=1S/C12H17N3O3/c1-8-10(15(16)17)5-6-12(14-8)18-11-4-2-3-9(11)7-13/h5-6,9,11H,2-4,7,13H2,1H3. The molecule has 1 aromatic heterocycles. The van der Waals surface area contributed by atoms with Gasteiger partial charge in [-0.2, -0.15) is 0 Å². The van der Waals surface area contributed by atoms with Gasteiger partial charge in [0.2, 0.25) is 5.88 Å². The van der Waals surface area contributed by atoms with E-state index < -0.39 is 4.92 Å². The summed E-state index contributed by atoms with van der Waals surface area (Å²) < 4.78 is 5.78. The van der Waals surface area contributed by atoms with Crippen molar-refractivity contribution in [2.75, 3.05) is 6.54 Å². The van der Waals surface area contributed by atoms with Crippen molar-refractivity contribution in [1.82, 2.24) is 4.98 Å². The van der Waals surface area contributed by atoms with E-state index in [1.807, 2.05) is 0 Å². The van der Waals surface area contributed by atoms with Crippen LogP contribution in [0.2, 0.25) is 0 Å². The minimum absolute atomic E-state index is 0.0177. The van der Waals surface area contributed by atoms with Crippen LogP contribution in [0.1, 0.15) is 25.0 Å². The number of nitro groups is 1. The van der Waals surface area contributed by atoms with Gasteiger partial charge in [-0.15, -0.1) is 0 Å². The van der Waals surface area contributed by atoms with Crippen LogP contribution < -0.4 is 10.5 Å². The largest absolute Gasteiger partial charge is 0.474 e. The van der Waals surface area contributed by atoms with E-state index in [2.05, 4.69) is 4.98 Å². The molecule has 2 atom stereocenters. The molecule has 18 heavy (non-hydrogen) atoms. The number of rotatable bonds is 4. The average Bonchev–Trinajstić information content (AvgIpc) is 2.76. The number of nitrogens with zero attached hydrogens (tertiary/aromatic N) is 2. The van der Waals surface area contributed by atoms with Crippen LogP contribution in [-0.4, -0.2) is 22.6 Å². The zero-order valence-corrected chi connectivity index (χ0v) is 10.3. The fourth-order valence-electron chi connectivity index (χ4n) is 2.37. The van der Waals surface area contributed by atoms with E-state index >= 15 is 0 Å². The smallest absolute Gasteiger partial charge is 0.290 e. The lowest BCUT2D eigenvalue weighted by Gasteiger charge is -2.19. The fraction of sp³-hybridized carbons (Fsp3) is 0.583. The first kappa shape index (κ1) is 12.8. The Morgan fingerprint density at radius 1 is 1.56 bits per heavy atom. The average molecular weight is 251 g/mol. The van der Waals surface area contributed by atoms with Gasteiger partial charge >= 0.3 is 0 Å². The molecule has 0 saturated heterocycles. The minimum atomic E-state index is -0.440. The molecular weight excluding hydrogens is 234 g/mol. The maximum atomic E-state index is 10.7. The highest BCUT2D eigenvalue weighted by Crippen LogP contribution is 2.29. The van der Waals surface area contributed by atoms with E-state index in [1.54, 1.807) is 13.0 Å². The Bertz CT molecular complexity index is 450. The van der Waals surface area contributed by atoms with E-state index in [9.17, 15) is 10.1 Å². The van der Waals surface area contributed by atoms with Crippen LogP contribution in [0.25, 0.3) is 0 Å². The summed E-state index contributed by atoms with van der Waals surface area (Å²) in [6, 6.07) is 2.99. The van der Waals surface area contributed by atoms with E-state index in [0.29, 0.717) is 24.0 Å². The molecule has 1 saturated carbocycles. The van der Waals surface area contributed by atoms with Crippen molar-refractivity contribution in [2.45, 2.75) is 32.3 Å². The van der Waals surface area contributed by atoms with Crippen LogP contribution in [0.4, 0.5) is 5.69 Å². The summed E-state index contributed by atoms with van der Waals surface area (Å²) in [5, 5.41) is 10.7. The van der Waals surface area contributed by atoms with Crippen molar-refractivity contribution in [1.29, 1.82) is 0 Å². The zero-order chi connectivity index (χ0) is 13.1. The van der Waals surface area contributed by atoms with E-state index in [0.717, 1.165) is 19.3 Å². The molecular formula is C12H17N3O3. The van der Waals surface area contributed by atoms with Gasteiger partial charge in [0.05, 0.1) is 4.92 Å². The van der Waals surface area contributed by atoms with E-state index in [4.69, 9.17) is 10.5 Å². The van der Waals surface area contributed by atoms with E-state index in [1.165, 1.54) is 6.07 Å². The van der Waals surface area contributed by atoms with Crippen molar-refractivity contribution in [3.63, 3.8) is 0 Å². The maximum Gasteiger partial charge on any atom is 0.290 e. The first-order valence-electron chi connectivity index (χ1n) is 6.10. The molecule has 0 bridgehead atoms. The molecule has 2 unspecified atom stereocenters. The number of hydrogen-bond donors (Lipinski definition) is 1. The monoisotopic (exact) mass is 251 g/mol. The molecule has 0 radical (unpaired) electrons. The third-order valence-electron chi connectivity index (χ3n) is 3.39. The Morgan fingerprint density at radius 2 is 2.33 bits per heavy atom.